The van der Waals surface area contributed by atoms with Gasteiger partial charge in [0.2, 0.25) is 0 Å². The number of rotatable bonds is 5. The Labute approximate surface area is 120 Å². The van der Waals surface area contributed by atoms with Gasteiger partial charge in [-0.25, -0.2) is 4.39 Å². The topological polar surface area (TPSA) is 29.3 Å². The highest BCUT2D eigenvalue weighted by Gasteiger charge is 2.12. The monoisotopic (exact) mass is 272 g/mol. The van der Waals surface area contributed by atoms with Crippen LogP contribution in [0.25, 0.3) is 0 Å². The Morgan fingerprint density at radius 1 is 1.05 bits per heavy atom. The number of hydrogen-bond acceptors (Lipinski definition) is 2. The van der Waals surface area contributed by atoms with Gasteiger partial charge in [0.1, 0.15) is 5.82 Å². The van der Waals surface area contributed by atoms with E-state index in [2.05, 4.69) is 30.9 Å². The van der Waals surface area contributed by atoms with Crippen LogP contribution in [-0.4, -0.2) is 11.4 Å². The van der Waals surface area contributed by atoms with Crippen LogP contribution in [0.3, 0.4) is 0 Å². The van der Waals surface area contributed by atoms with E-state index in [-0.39, 0.29) is 5.82 Å². The molecule has 0 saturated carbocycles. The van der Waals surface area contributed by atoms with Gasteiger partial charge in [0.15, 0.2) is 0 Å². The molecule has 0 heterocycles. The minimum atomic E-state index is -0.228. The summed E-state index contributed by atoms with van der Waals surface area (Å²) in [5, 5.41) is 0. The first kappa shape index (κ1) is 14.5. The van der Waals surface area contributed by atoms with Gasteiger partial charge in [-0.05, 0) is 36.7 Å². The summed E-state index contributed by atoms with van der Waals surface area (Å²) in [6.45, 7) is 6.36. The molecular formula is C17H21FN2. The molecular weight excluding hydrogens is 251 g/mol. The van der Waals surface area contributed by atoms with E-state index < -0.39 is 0 Å². The molecule has 2 rings (SSSR count). The lowest BCUT2D eigenvalue weighted by atomic mass is 10.1. The minimum Gasteiger partial charge on any atom is -0.398 e. The van der Waals surface area contributed by atoms with E-state index in [0.717, 1.165) is 13.1 Å². The van der Waals surface area contributed by atoms with Crippen LogP contribution in [0.15, 0.2) is 42.5 Å². The molecule has 2 aromatic carbocycles. The lowest BCUT2D eigenvalue weighted by molar-refractivity contribution is 0.267. The van der Waals surface area contributed by atoms with Crippen molar-refractivity contribution in [3.63, 3.8) is 0 Å². The third kappa shape index (κ3) is 3.36. The number of anilines is 1. The summed E-state index contributed by atoms with van der Waals surface area (Å²) in [5.41, 5.74) is 9.51. The molecule has 2 N–H and O–H groups in total. The molecule has 0 aliphatic rings. The molecule has 0 aromatic heterocycles. The first-order valence-corrected chi connectivity index (χ1v) is 6.91. The third-order valence-electron chi connectivity index (χ3n) is 3.64. The average molecular weight is 272 g/mol. The zero-order valence-corrected chi connectivity index (χ0v) is 12.1. The highest BCUT2D eigenvalue weighted by molar-refractivity contribution is 5.47. The summed E-state index contributed by atoms with van der Waals surface area (Å²) in [5.74, 6) is -0.228. The molecule has 0 atom stereocenters. The molecule has 0 fully saturated rings. The van der Waals surface area contributed by atoms with E-state index in [9.17, 15) is 4.39 Å². The minimum absolute atomic E-state index is 0.228. The van der Waals surface area contributed by atoms with Gasteiger partial charge in [-0.3, -0.25) is 4.90 Å². The molecule has 0 radical (unpaired) electrons. The van der Waals surface area contributed by atoms with Gasteiger partial charge in [0.25, 0.3) is 0 Å². The van der Waals surface area contributed by atoms with Crippen molar-refractivity contribution in [3.05, 3.63) is 65.0 Å². The van der Waals surface area contributed by atoms with Crippen molar-refractivity contribution in [2.75, 3.05) is 12.3 Å². The maximum absolute atomic E-state index is 13.9. The Hall–Kier alpha value is -1.87. The number of nitrogen functional groups attached to an aromatic ring is 1. The molecule has 0 spiro atoms. The SMILES string of the molecule is CCN(Cc1ccccc1C)Cc1c(N)cccc1F. The van der Waals surface area contributed by atoms with Crippen LogP contribution < -0.4 is 5.73 Å². The van der Waals surface area contributed by atoms with Crippen molar-refractivity contribution in [3.8, 4) is 0 Å². The van der Waals surface area contributed by atoms with Gasteiger partial charge < -0.3 is 5.73 Å². The Morgan fingerprint density at radius 3 is 2.45 bits per heavy atom. The molecule has 0 unspecified atom stereocenters. The molecule has 3 heteroatoms. The molecule has 2 aromatic rings. The second-order valence-corrected chi connectivity index (χ2v) is 5.04. The molecule has 2 nitrogen and oxygen atoms in total. The Balaban J connectivity index is 2.16. The first-order chi connectivity index (χ1) is 9.61. The van der Waals surface area contributed by atoms with Gasteiger partial charge in [-0.15, -0.1) is 0 Å². The largest absolute Gasteiger partial charge is 0.398 e. The van der Waals surface area contributed by atoms with Crippen molar-refractivity contribution in [2.45, 2.75) is 26.9 Å². The zero-order chi connectivity index (χ0) is 14.5. The highest BCUT2D eigenvalue weighted by atomic mass is 19.1. The van der Waals surface area contributed by atoms with Gasteiger partial charge in [0, 0.05) is 24.3 Å². The van der Waals surface area contributed by atoms with E-state index in [1.807, 2.05) is 12.1 Å². The summed E-state index contributed by atoms with van der Waals surface area (Å²) < 4.78 is 13.9. The smallest absolute Gasteiger partial charge is 0.129 e. The summed E-state index contributed by atoms with van der Waals surface area (Å²) >= 11 is 0. The molecule has 0 aliphatic carbocycles. The number of benzene rings is 2. The standard InChI is InChI=1S/C17H21FN2/c1-3-20(11-14-8-5-4-7-13(14)2)12-15-16(18)9-6-10-17(15)19/h4-10H,3,11-12,19H2,1-2H3. The average Bonchev–Trinajstić information content (AvgIpc) is 2.44. The summed E-state index contributed by atoms with van der Waals surface area (Å²) in [7, 11) is 0. The van der Waals surface area contributed by atoms with Crippen molar-refractivity contribution in [2.24, 2.45) is 0 Å². The molecule has 0 bridgehead atoms. The van der Waals surface area contributed by atoms with Crippen LogP contribution in [0.4, 0.5) is 10.1 Å². The van der Waals surface area contributed by atoms with Crippen molar-refractivity contribution >= 4 is 5.69 Å². The molecule has 106 valence electrons. The zero-order valence-electron chi connectivity index (χ0n) is 12.1. The van der Waals surface area contributed by atoms with Gasteiger partial charge in [-0.2, -0.15) is 0 Å². The second-order valence-electron chi connectivity index (χ2n) is 5.04. The number of nitrogens with zero attached hydrogens (tertiary/aromatic N) is 1. The predicted octanol–water partition coefficient (Wildman–Crippen LogP) is 3.74. The van der Waals surface area contributed by atoms with E-state index in [1.54, 1.807) is 12.1 Å². The van der Waals surface area contributed by atoms with Gasteiger partial charge in [0.05, 0.1) is 0 Å². The van der Waals surface area contributed by atoms with Crippen LogP contribution >= 0.6 is 0 Å². The summed E-state index contributed by atoms with van der Waals surface area (Å²) in [6, 6.07) is 13.1. The predicted molar refractivity (Wildman–Crippen MR) is 81.8 cm³/mol. The quantitative estimate of drug-likeness (QED) is 0.840. The van der Waals surface area contributed by atoms with Gasteiger partial charge >= 0.3 is 0 Å². The van der Waals surface area contributed by atoms with Crippen LogP contribution in [0, 0.1) is 12.7 Å². The van der Waals surface area contributed by atoms with E-state index in [0.29, 0.717) is 17.8 Å². The van der Waals surface area contributed by atoms with Crippen LogP contribution in [0.1, 0.15) is 23.6 Å². The maximum Gasteiger partial charge on any atom is 0.129 e. The summed E-state index contributed by atoms with van der Waals surface area (Å²) in [4.78, 5) is 2.19. The van der Waals surface area contributed by atoms with Crippen LogP contribution in [0.2, 0.25) is 0 Å². The Kier molecular flexibility index (Phi) is 4.74. The van der Waals surface area contributed by atoms with Gasteiger partial charge in [-0.1, -0.05) is 37.3 Å². The Morgan fingerprint density at radius 2 is 1.80 bits per heavy atom. The van der Waals surface area contributed by atoms with Crippen molar-refractivity contribution in [1.82, 2.24) is 4.90 Å². The molecule has 0 amide bonds. The molecule has 0 saturated heterocycles. The van der Waals surface area contributed by atoms with E-state index in [4.69, 9.17) is 5.73 Å². The first-order valence-electron chi connectivity index (χ1n) is 6.91. The second kappa shape index (κ2) is 6.53. The Bertz CT molecular complexity index is 561. The number of nitrogens with two attached hydrogens (primary N) is 1. The maximum atomic E-state index is 13.9. The number of aryl methyl sites for hydroxylation is 1. The van der Waals surface area contributed by atoms with Crippen LogP contribution in [0.5, 0.6) is 0 Å². The van der Waals surface area contributed by atoms with Crippen LogP contribution in [-0.2, 0) is 13.1 Å². The highest BCUT2D eigenvalue weighted by Crippen LogP contribution is 2.19. The fraction of sp³-hybridized carbons (Fsp3) is 0.294. The fourth-order valence-electron chi connectivity index (χ4n) is 2.27. The molecule has 0 aliphatic heterocycles. The number of halogens is 1. The van der Waals surface area contributed by atoms with Crippen molar-refractivity contribution < 1.29 is 4.39 Å². The fourth-order valence-corrected chi connectivity index (χ4v) is 2.27. The normalized spacial score (nSPS) is 11.0. The van der Waals surface area contributed by atoms with E-state index in [1.165, 1.54) is 17.2 Å². The third-order valence-corrected chi connectivity index (χ3v) is 3.64. The van der Waals surface area contributed by atoms with Crippen molar-refractivity contribution in [1.29, 1.82) is 0 Å². The summed E-state index contributed by atoms with van der Waals surface area (Å²) in [6.07, 6.45) is 0. The lowest BCUT2D eigenvalue weighted by Crippen LogP contribution is -2.24. The van der Waals surface area contributed by atoms with E-state index >= 15 is 0 Å². The lowest BCUT2D eigenvalue weighted by Gasteiger charge is -2.22. The molecule has 20 heavy (non-hydrogen) atoms. The number of hydrogen-bond donors (Lipinski definition) is 1.